The lowest BCUT2D eigenvalue weighted by atomic mass is 10.0. The van der Waals surface area contributed by atoms with Crippen molar-refractivity contribution in [2.75, 3.05) is 6.61 Å². The summed E-state index contributed by atoms with van der Waals surface area (Å²) in [5, 5.41) is 23.7. The molecule has 342 valence electrons. The number of esters is 1. The number of hydrogen-bond acceptors (Lipinski definition) is 5. The predicted octanol–water partition coefficient (Wildman–Crippen LogP) is 14.6. The minimum absolute atomic E-state index is 0.0140. The number of ether oxygens (including phenoxy) is 1. The first-order valence-electron chi connectivity index (χ1n) is 24.5. The second kappa shape index (κ2) is 46.8. The van der Waals surface area contributed by atoms with E-state index in [-0.39, 0.29) is 24.9 Å². The van der Waals surface area contributed by atoms with Crippen molar-refractivity contribution in [3.8, 4) is 0 Å². The van der Waals surface area contributed by atoms with Crippen molar-refractivity contribution >= 4 is 11.9 Å². The fraction of sp³-hybridized carbons (Fsp3) is 0.667. The molecule has 0 heterocycles. The number of aliphatic hydroxyl groups excluding tert-OH is 2. The summed E-state index contributed by atoms with van der Waals surface area (Å²) in [5.41, 5.74) is 0. The lowest BCUT2D eigenvalue weighted by Crippen LogP contribution is -2.46. The van der Waals surface area contributed by atoms with E-state index >= 15 is 0 Å². The number of aliphatic hydroxyl groups is 2. The van der Waals surface area contributed by atoms with Crippen molar-refractivity contribution in [2.45, 2.75) is 225 Å². The second-order valence-corrected chi connectivity index (χ2v) is 16.2. The van der Waals surface area contributed by atoms with Gasteiger partial charge in [-0.15, -0.1) is 0 Å². The molecule has 6 nitrogen and oxygen atoms in total. The van der Waals surface area contributed by atoms with Gasteiger partial charge in [0.15, 0.2) is 0 Å². The van der Waals surface area contributed by atoms with E-state index in [9.17, 15) is 19.8 Å². The van der Waals surface area contributed by atoms with Gasteiger partial charge in [-0.2, -0.15) is 0 Å². The molecule has 60 heavy (non-hydrogen) atoms. The van der Waals surface area contributed by atoms with Crippen LogP contribution >= 0.6 is 0 Å². The van der Waals surface area contributed by atoms with Gasteiger partial charge >= 0.3 is 5.97 Å². The summed E-state index contributed by atoms with van der Waals surface area (Å²) < 4.78 is 5.87. The van der Waals surface area contributed by atoms with Gasteiger partial charge in [-0.3, -0.25) is 9.59 Å². The van der Waals surface area contributed by atoms with Gasteiger partial charge in [-0.05, 0) is 70.6 Å². The summed E-state index contributed by atoms with van der Waals surface area (Å²) in [6.45, 7) is 6.19. The van der Waals surface area contributed by atoms with Gasteiger partial charge in [0, 0.05) is 6.42 Å². The van der Waals surface area contributed by atoms with E-state index in [2.05, 4.69) is 74.7 Å². The topological polar surface area (TPSA) is 95.9 Å². The van der Waals surface area contributed by atoms with Crippen molar-refractivity contribution < 1.29 is 24.5 Å². The first-order chi connectivity index (χ1) is 29.5. The molecule has 0 aliphatic carbocycles. The number of allylic oxidation sites excluding steroid dienone is 16. The maximum absolute atomic E-state index is 13.2. The van der Waals surface area contributed by atoms with Crippen molar-refractivity contribution in [1.29, 1.82) is 0 Å². The van der Waals surface area contributed by atoms with Crippen molar-refractivity contribution in [1.82, 2.24) is 5.32 Å². The Morgan fingerprint density at radius 1 is 0.517 bits per heavy atom. The predicted molar refractivity (Wildman–Crippen MR) is 259 cm³/mol. The molecule has 0 aliphatic rings. The van der Waals surface area contributed by atoms with Gasteiger partial charge in [-0.1, -0.05) is 221 Å². The second-order valence-electron chi connectivity index (χ2n) is 16.2. The summed E-state index contributed by atoms with van der Waals surface area (Å²) >= 11 is 0. The van der Waals surface area contributed by atoms with Crippen LogP contribution in [0, 0.1) is 0 Å². The first-order valence-corrected chi connectivity index (χ1v) is 24.5. The number of rotatable bonds is 42. The van der Waals surface area contributed by atoms with Crippen LogP contribution in [0.5, 0.6) is 0 Å². The lowest BCUT2D eigenvalue weighted by Gasteiger charge is -2.24. The SMILES string of the molecule is CC/C=C/C=C/C=C\C=C/C=C/CCCC(CC(=O)NC(CO)C(O)CCCCCCCCCCCCCCCC)OC(=O)CCCCCC/C=C/C/C=C/C/C=C/CC. The molecular formula is C54H91NO5. The third kappa shape index (κ3) is 41.5. The van der Waals surface area contributed by atoms with Crippen LogP contribution in [0.2, 0.25) is 0 Å². The van der Waals surface area contributed by atoms with Gasteiger partial charge < -0.3 is 20.3 Å². The zero-order chi connectivity index (χ0) is 43.8. The molecule has 0 bridgehead atoms. The molecule has 0 rings (SSSR count). The molecule has 0 fully saturated rings. The monoisotopic (exact) mass is 834 g/mol. The molecule has 3 N–H and O–H groups in total. The van der Waals surface area contributed by atoms with E-state index in [4.69, 9.17) is 4.74 Å². The quantitative estimate of drug-likeness (QED) is 0.0246. The Bertz CT molecular complexity index is 1210. The molecule has 0 aromatic carbocycles. The number of hydrogen-bond donors (Lipinski definition) is 3. The molecule has 0 saturated carbocycles. The Balaban J connectivity index is 4.73. The van der Waals surface area contributed by atoms with Crippen LogP contribution in [0.1, 0.15) is 207 Å². The molecule has 3 atom stereocenters. The summed E-state index contributed by atoms with van der Waals surface area (Å²) in [7, 11) is 0. The van der Waals surface area contributed by atoms with Crippen molar-refractivity contribution in [2.24, 2.45) is 0 Å². The van der Waals surface area contributed by atoms with Gasteiger partial charge in [0.2, 0.25) is 5.91 Å². The summed E-state index contributed by atoms with van der Waals surface area (Å²) in [6, 6.07) is -0.734. The van der Waals surface area contributed by atoms with Gasteiger partial charge in [0.25, 0.3) is 0 Å². The minimum Gasteiger partial charge on any atom is -0.462 e. The molecule has 0 aliphatic heterocycles. The van der Waals surface area contributed by atoms with Crippen molar-refractivity contribution in [3.63, 3.8) is 0 Å². The van der Waals surface area contributed by atoms with E-state index in [1.807, 2.05) is 48.6 Å². The third-order valence-electron chi connectivity index (χ3n) is 10.5. The van der Waals surface area contributed by atoms with E-state index in [0.29, 0.717) is 19.3 Å². The van der Waals surface area contributed by atoms with Gasteiger partial charge in [0.1, 0.15) is 6.10 Å². The zero-order valence-corrected chi connectivity index (χ0v) is 38.8. The number of nitrogens with one attached hydrogen (secondary N) is 1. The zero-order valence-electron chi connectivity index (χ0n) is 38.8. The maximum Gasteiger partial charge on any atom is 0.306 e. The first kappa shape index (κ1) is 56.8. The Kier molecular flexibility index (Phi) is 44.3. The van der Waals surface area contributed by atoms with Crippen molar-refractivity contribution in [3.05, 3.63) is 97.2 Å². The summed E-state index contributed by atoms with van der Waals surface area (Å²) in [6.07, 6.45) is 61.8. The average molecular weight is 834 g/mol. The fourth-order valence-electron chi connectivity index (χ4n) is 6.88. The van der Waals surface area contributed by atoms with Gasteiger partial charge in [0.05, 0.1) is 25.2 Å². The molecule has 1 amide bonds. The highest BCUT2D eigenvalue weighted by molar-refractivity contribution is 5.77. The minimum atomic E-state index is -0.815. The largest absolute Gasteiger partial charge is 0.462 e. The number of amides is 1. The van der Waals surface area contributed by atoms with Crippen LogP contribution in [0.25, 0.3) is 0 Å². The number of unbranched alkanes of at least 4 members (excludes halogenated alkanes) is 18. The summed E-state index contributed by atoms with van der Waals surface area (Å²) in [4.78, 5) is 26.1. The Labute approximate surface area is 369 Å². The van der Waals surface area contributed by atoms with Crippen LogP contribution in [-0.4, -0.2) is 46.9 Å². The third-order valence-corrected chi connectivity index (χ3v) is 10.5. The van der Waals surface area contributed by atoms with Crippen LogP contribution in [0.3, 0.4) is 0 Å². The molecule has 6 heteroatoms. The molecular weight excluding hydrogens is 743 g/mol. The molecule has 0 saturated heterocycles. The fourth-order valence-corrected chi connectivity index (χ4v) is 6.88. The molecule has 0 aromatic heterocycles. The van der Waals surface area contributed by atoms with Crippen LogP contribution in [0.4, 0.5) is 0 Å². The Hall–Kier alpha value is -3.22. The number of carbonyl (C=O) groups excluding carboxylic acids is 2. The highest BCUT2D eigenvalue weighted by atomic mass is 16.5. The smallest absolute Gasteiger partial charge is 0.306 e. The van der Waals surface area contributed by atoms with Crippen LogP contribution in [0.15, 0.2) is 97.2 Å². The van der Waals surface area contributed by atoms with E-state index in [1.165, 1.54) is 70.6 Å². The van der Waals surface area contributed by atoms with Crippen LogP contribution in [-0.2, 0) is 14.3 Å². The standard InChI is InChI=1S/C54H91NO5/c1-4-7-10-13-16-19-22-25-28-31-34-37-40-43-46-52(57)51(49-56)55-53(58)48-50(45-42-39-36-33-30-27-24-21-18-15-12-9-6-3)60-54(59)47-44-41-38-35-32-29-26-23-20-17-14-11-8-5-2/h8-9,11-12,15,17-18,20-21,24,26-27,29-30,33,36,50-52,56-57H,4-7,10,13-14,16,19,22-23,25,28,31-32,34-35,37-49H2,1-3H3,(H,55,58)/b11-8+,12-9+,18-15+,20-17+,24-21-,29-26+,30-27-,36-33+. The highest BCUT2D eigenvalue weighted by Crippen LogP contribution is 2.16. The maximum atomic E-state index is 13.2. The molecule has 0 radical (unpaired) electrons. The Morgan fingerprint density at radius 2 is 1.00 bits per heavy atom. The Morgan fingerprint density at radius 3 is 1.58 bits per heavy atom. The molecule has 0 spiro atoms. The summed E-state index contributed by atoms with van der Waals surface area (Å²) in [5.74, 6) is -0.581. The van der Waals surface area contributed by atoms with Gasteiger partial charge in [-0.25, -0.2) is 0 Å². The number of carbonyl (C=O) groups is 2. The normalized spacial score (nSPS) is 14.2. The average Bonchev–Trinajstić information content (AvgIpc) is 3.24. The molecule has 3 unspecified atom stereocenters. The highest BCUT2D eigenvalue weighted by Gasteiger charge is 2.24. The molecule has 0 aromatic rings. The van der Waals surface area contributed by atoms with E-state index in [0.717, 1.165) is 89.9 Å². The lowest BCUT2D eigenvalue weighted by molar-refractivity contribution is -0.151. The van der Waals surface area contributed by atoms with E-state index < -0.39 is 18.2 Å². The van der Waals surface area contributed by atoms with E-state index in [1.54, 1.807) is 0 Å². The van der Waals surface area contributed by atoms with Crippen LogP contribution < -0.4 is 5.32 Å².